The van der Waals surface area contributed by atoms with Gasteiger partial charge in [-0.2, -0.15) is 0 Å². The van der Waals surface area contributed by atoms with Crippen molar-refractivity contribution in [2.24, 2.45) is 0 Å². The van der Waals surface area contributed by atoms with Gasteiger partial charge in [-0.3, -0.25) is 14.6 Å². The van der Waals surface area contributed by atoms with Crippen molar-refractivity contribution in [3.63, 3.8) is 0 Å². The molecule has 0 unspecified atom stereocenters. The Hall–Kier alpha value is -1.91. The molecule has 2 saturated heterocycles. The van der Waals surface area contributed by atoms with Crippen molar-refractivity contribution in [1.29, 1.82) is 0 Å². The molecule has 3 rings (SSSR count). The van der Waals surface area contributed by atoms with E-state index < -0.39 is 0 Å². The van der Waals surface area contributed by atoms with E-state index in [1.807, 2.05) is 17.0 Å². The van der Waals surface area contributed by atoms with Crippen LogP contribution in [0.2, 0.25) is 0 Å². The highest BCUT2D eigenvalue weighted by atomic mass is 16.2. The maximum Gasteiger partial charge on any atom is 0.227 e. The monoisotopic (exact) mass is 273 g/mol. The van der Waals surface area contributed by atoms with Gasteiger partial charge in [0, 0.05) is 31.9 Å². The van der Waals surface area contributed by atoms with E-state index in [0.29, 0.717) is 19.4 Å². The molecule has 5 nitrogen and oxygen atoms in total. The van der Waals surface area contributed by atoms with Crippen LogP contribution in [-0.4, -0.2) is 40.3 Å². The Morgan fingerprint density at radius 3 is 3.05 bits per heavy atom. The number of piperidine rings is 1. The van der Waals surface area contributed by atoms with E-state index in [4.69, 9.17) is 0 Å². The molecule has 1 aromatic rings. The molecule has 0 saturated carbocycles. The number of hydrogen-bond acceptors (Lipinski definition) is 3. The van der Waals surface area contributed by atoms with Crippen molar-refractivity contribution < 1.29 is 9.59 Å². The highest BCUT2D eigenvalue weighted by Crippen LogP contribution is 2.30. The lowest BCUT2D eigenvalue weighted by Crippen LogP contribution is -2.56. The summed E-state index contributed by atoms with van der Waals surface area (Å²) in [7, 11) is 0. The normalized spacial score (nSPS) is 25.8. The summed E-state index contributed by atoms with van der Waals surface area (Å²) < 4.78 is 0. The van der Waals surface area contributed by atoms with Crippen LogP contribution in [0.4, 0.5) is 0 Å². The van der Waals surface area contributed by atoms with Gasteiger partial charge in [-0.1, -0.05) is 6.07 Å². The van der Waals surface area contributed by atoms with Crippen LogP contribution in [0, 0.1) is 0 Å². The summed E-state index contributed by atoms with van der Waals surface area (Å²) in [5, 5.41) is 3.07. The Labute approximate surface area is 118 Å². The number of carbonyl (C=O) groups excluding carboxylic acids is 2. The molecule has 106 valence electrons. The number of carbonyl (C=O) groups is 2. The molecule has 0 radical (unpaired) electrons. The van der Waals surface area contributed by atoms with Gasteiger partial charge >= 0.3 is 0 Å². The first-order chi connectivity index (χ1) is 9.67. The number of hydrogen-bond donors (Lipinski definition) is 1. The van der Waals surface area contributed by atoms with Crippen LogP contribution in [0.5, 0.6) is 0 Å². The zero-order valence-corrected chi connectivity index (χ0v) is 11.5. The Kier molecular flexibility index (Phi) is 3.42. The number of amides is 2. The number of pyridine rings is 1. The van der Waals surface area contributed by atoms with Crippen LogP contribution in [0.1, 0.15) is 31.2 Å². The molecule has 0 aromatic carbocycles. The minimum Gasteiger partial charge on any atom is -0.349 e. The average molecular weight is 273 g/mol. The molecule has 0 aliphatic carbocycles. The summed E-state index contributed by atoms with van der Waals surface area (Å²) in [5.74, 6) is 0.241. The second-order valence-electron chi connectivity index (χ2n) is 5.79. The van der Waals surface area contributed by atoms with Crippen LogP contribution in [0.15, 0.2) is 24.5 Å². The SMILES string of the molecule is O=C1CC[C@@]2(CCCN(C(=O)Cc3cccnc3)C2)N1. The van der Waals surface area contributed by atoms with Crippen LogP contribution in [-0.2, 0) is 16.0 Å². The molecular weight excluding hydrogens is 254 g/mol. The number of aromatic nitrogens is 1. The molecule has 2 aliphatic rings. The number of likely N-dealkylation sites (tertiary alicyclic amines) is 1. The summed E-state index contributed by atoms with van der Waals surface area (Å²) in [6, 6.07) is 3.76. The molecule has 1 aromatic heterocycles. The van der Waals surface area contributed by atoms with Gasteiger partial charge in [0.15, 0.2) is 0 Å². The number of rotatable bonds is 2. The quantitative estimate of drug-likeness (QED) is 0.870. The van der Waals surface area contributed by atoms with Gasteiger partial charge in [-0.15, -0.1) is 0 Å². The highest BCUT2D eigenvalue weighted by molar-refractivity contribution is 5.81. The smallest absolute Gasteiger partial charge is 0.227 e. The molecule has 1 atom stereocenters. The minimum atomic E-state index is -0.167. The zero-order valence-electron chi connectivity index (χ0n) is 11.5. The minimum absolute atomic E-state index is 0.117. The Morgan fingerprint density at radius 2 is 2.35 bits per heavy atom. The highest BCUT2D eigenvalue weighted by Gasteiger charge is 2.41. The van der Waals surface area contributed by atoms with Gasteiger partial charge in [0.2, 0.25) is 11.8 Å². The lowest BCUT2D eigenvalue weighted by molar-refractivity contribution is -0.133. The van der Waals surface area contributed by atoms with Crippen LogP contribution in [0.3, 0.4) is 0 Å². The number of nitrogens with zero attached hydrogens (tertiary/aromatic N) is 2. The third kappa shape index (κ3) is 2.66. The van der Waals surface area contributed by atoms with Gasteiger partial charge in [-0.05, 0) is 30.9 Å². The third-order valence-electron chi connectivity index (χ3n) is 4.24. The Morgan fingerprint density at radius 1 is 1.45 bits per heavy atom. The van der Waals surface area contributed by atoms with E-state index in [1.54, 1.807) is 12.4 Å². The maximum atomic E-state index is 12.4. The van der Waals surface area contributed by atoms with E-state index in [-0.39, 0.29) is 17.4 Å². The largest absolute Gasteiger partial charge is 0.349 e. The second-order valence-corrected chi connectivity index (χ2v) is 5.79. The van der Waals surface area contributed by atoms with Crippen molar-refractivity contribution in [1.82, 2.24) is 15.2 Å². The van der Waals surface area contributed by atoms with E-state index in [1.165, 1.54) is 0 Å². The van der Waals surface area contributed by atoms with Gasteiger partial charge in [0.05, 0.1) is 12.0 Å². The Balaban J connectivity index is 1.65. The molecule has 20 heavy (non-hydrogen) atoms. The van der Waals surface area contributed by atoms with E-state index in [2.05, 4.69) is 10.3 Å². The molecule has 2 fully saturated rings. The van der Waals surface area contributed by atoms with Crippen molar-refractivity contribution >= 4 is 11.8 Å². The van der Waals surface area contributed by atoms with Gasteiger partial charge in [0.1, 0.15) is 0 Å². The van der Waals surface area contributed by atoms with Gasteiger partial charge in [-0.25, -0.2) is 0 Å². The summed E-state index contributed by atoms with van der Waals surface area (Å²) in [4.78, 5) is 29.8. The molecule has 2 aliphatic heterocycles. The predicted octanol–water partition coefficient (Wildman–Crippen LogP) is 0.895. The first kappa shape index (κ1) is 13.1. The summed E-state index contributed by atoms with van der Waals surface area (Å²) >= 11 is 0. The van der Waals surface area contributed by atoms with Crippen molar-refractivity contribution in [2.45, 2.75) is 37.6 Å². The lowest BCUT2D eigenvalue weighted by atomic mass is 9.87. The Bertz CT molecular complexity index is 517. The third-order valence-corrected chi connectivity index (χ3v) is 4.24. The van der Waals surface area contributed by atoms with Crippen LogP contribution in [0.25, 0.3) is 0 Å². The molecule has 2 amide bonds. The first-order valence-electron chi connectivity index (χ1n) is 7.15. The van der Waals surface area contributed by atoms with Crippen LogP contribution < -0.4 is 5.32 Å². The molecular formula is C15H19N3O2. The van der Waals surface area contributed by atoms with Crippen molar-refractivity contribution in [3.05, 3.63) is 30.1 Å². The van der Waals surface area contributed by atoms with E-state index in [0.717, 1.165) is 31.4 Å². The predicted molar refractivity (Wildman–Crippen MR) is 73.9 cm³/mol. The molecule has 3 heterocycles. The maximum absolute atomic E-state index is 12.4. The summed E-state index contributed by atoms with van der Waals surface area (Å²) in [6.07, 6.45) is 7.20. The van der Waals surface area contributed by atoms with Crippen molar-refractivity contribution in [2.75, 3.05) is 13.1 Å². The standard InChI is InChI=1S/C15H19N3O2/c19-13-4-6-15(17-13)5-2-8-18(11-15)14(20)9-12-3-1-7-16-10-12/h1,3,7,10H,2,4-6,8-9,11H2,(H,17,19)/t15-/m1/s1. The molecule has 5 heteroatoms. The fraction of sp³-hybridized carbons (Fsp3) is 0.533. The topological polar surface area (TPSA) is 62.3 Å². The van der Waals surface area contributed by atoms with Gasteiger partial charge in [0.25, 0.3) is 0 Å². The first-order valence-corrected chi connectivity index (χ1v) is 7.15. The molecule has 1 spiro atoms. The van der Waals surface area contributed by atoms with Crippen molar-refractivity contribution in [3.8, 4) is 0 Å². The summed E-state index contributed by atoms with van der Waals surface area (Å²) in [5.41, 5.74) is 0.771. The lowest BCUT2D eigenvalue weighted by Gasteiger charge is -2.40. The van der Waals surface area contributed by atoms with Gasteiger partial charge < -0.3 is 10.2 Å². The summed E-state index contributed by atoms with van der Waals surface area (Å²) in [6.45, 7) is 1.44. The zero-order chi connectivity index (χ0) is 14.0. The fourth-order valence-corrected chi connectivity index (χ4v) is 3.21. The van der Waals surface area contributed by atoms with Crippen LogP contribution >= 0.6 is 0 Å². The molecule has 0 bridgehead atoms. The van der Waals surface area contributed by atoms with E-state index in [9.17, 15) is 9.59 Å². The fourth-order valence-electron chi connectivity index (χ4n) is 3.21. The number of nitrogens with one attached hydrogen (secondary N) is 1. The average Bonchev–Trinajstić information content (AvgIpc) is 2.80. The molecule has 1 N–H and O–H groups in total. The second kappa shape index (κ2) is 5.23. The van der Waals surface area contributed by atoms with E-state index >= 15 is 0 Å².